The van der Waals surface area contributed by atoms with Crippen molar-refractivity contribution in [2.24, 2.45) is 34.5 Å². The van der Waals surface area contributed by atoms with Crippen LogP contribution in [0, 0.1) is 34.5 Å². The first kappa shape index (κ1) is 37.0. The molecule has 2 amide bonds. The molecule has 53 heavy (non-hydrogen) atoms. The second-order valence-electron chi connectivity index (χ2n) is 19.2. The topological polar surface area (TPSA) is 89.9 Å². The summed E-state index contributed by atoms with van der Waals surface area (Å²) in [7, 11) is 0. The van der Waals surface area contributed by atoms with E-state index in [9.17, 15) is 19.8 Å². The lowest BCUT2D eigenvalue weighted by Gasteiger charge is -2.58. The molecule has 2 aromatic carbocycles. The molecule has 8 aliphatic carbocycles. The van der Waals surface area contributed by atoms with Gasteiger partial charge in [0.2, 0.25) is 0 Å². The minimum atomic E-state index is -1.13. The Labute approximate surface area is 318 Å². The zero-order valence-corrected chi connectivity index (χ0v) is 32.5. The summed E-state index contributed by atoms with van der Waals surface area (Å²) < 4.78 is 0. The number of amides is 2. The molecular formula is C47H64N2O4. The maximum Gasteiger partial charge on any atom is 0.321 e. The zero-order valence-electron chi connectivity index (χ0n) is 32.5. The molecule has 0 aromatic heterocycles. The monoisotopic (exact) mass is 720 g/mol. The summed E-state index contributed by atoms with van der Waals surface area (Å²) in [6.07, 6.45) is 19.8. The van der Waals surface area contributed by atoms with Crippen molar-refractivity contribution in [3.8, 4) is 0 Å². The molecule has 0 spiro atoms. The van der Waals surface area contributed by atoms with Gasteiger partial charge in [0.1, 0.15) is 0 Å². The van der Waals surface area contributed by atoms with Gasteiger partial charge in [-0.1, -0.05) is 68.2 Å². The van der Waals surface area contributed by atoms with Crippen molar-refractivity contribution in [1.29, 1.82) is 0 Å². The molecule has 6 saturated carbocycles. The maximum atomic E-state index is 14.5. The van der Waals surface area contributed by atoms with E-state index in [-0.39, 0.29) is 29.1 Å². The average Bonchev–Trinajstić information content (AvgIpc) is 3.38. The highest BCUT2D eigenvalue weighted by atomic mass is 16.3. The summed E-state index contributed by atoms with van der Waals surface area (Å²) in [5.74, 6) is 2.59. The zero-order chi connectivity index (χ0) is 36.8. The van der Waals surface area contributed by atoms with Crippen LogP contribution in [0.1, 0.15) is 150 Å². The molecule has 6 nitrogen and oxygen atoms in total. The quantitative estimate of drug-likeness (QED) is 0.196. The first-order valence-electron chi connectivity index (χ1n) is 21.4. The predicted octanol–water partition coefficient (Wildman–Crippen LogP) is 10.2. The van der Waals surface area contributed by atoms with Gasteiger partial charge in [0.05, 0.1) is 18.2 Å². The number of ketones is 1. The first-order chi connectivity index (χ1) is 25.5. The van der Waals surface area contributed by atoms with Crippen LogP contribution in [0.2, 0.25) is 0 Å². The van der Waals surface area contributed by atoms with Gasteiger partial charge in [0.25, 0.3) is 0 Å². The number of allylic oxidation sites excluding steroid dienone is 2. The number of aliphatic hydroxyl groups is 2. The fourth-order valence-electron chi connectivity index (χ4n) is 12.9. The molecule has 0 heterocycles. The largest absolute Gasteiger partial charge is 0.393 e. The number of rotatable bonds is 7. The minimum absolute atomic E-state index is 0.0238. The summed E-state index contributed by atoms with van der Waals surface area (Å²) in [6, 6.07) is 16.1. The molecule has 0 saturated heterocycles. The van der Waals surface area contributed by atoms with E-state index < -0.39 is 17.1 Å². The number of fused-ring (bicyclic) bond motifs is 8. The van der Waals surface area contributed by atoms with Gasteiger partial charge in [0, 0.05) is 29.1 Å². The van der Waals surface area contributed by atoms with E-state index in [1.165, 1.54) is 50.5 Å². The van der Waals surface area contributed by atoms with Gasteiger partial charge in [0.15, 0.2) is 5.78 Å². The van der Waals surface area contributed by atoms with E-state index in [2.05, 4.69) is 43.4 Å². The molecule has 2 aromatic rings. The van der Waals surface area contributed by atoms with E-state index in [1.807, 2.05) is 35.2 Å². The second kappa shape index (κ2) is 14.9. The number of benzene rings is 2. The van der Waals surface area contributed by atoms with Crippen molar-refractivity contribution in [2.75, 3.05) is 18.4 Å². The Morgan fingerprint density at radius 2 is 1.57 bits per heavy atom. The number of para-hydroxylation sites is 1. The van der Waals surface area contributed by atoms with E-state index in [4.69, 9.17) is 0 Å². The molecular weight excluding hydrogens is 657 g/mol. The molecule has 10 rings (SSSR count). The van der Waals surface area contributed by atoms with Gasteiger partial charge in [-0.05, 0) is 162 Å². The normalized spacial score (nSPS) is 35.7. The number of nitrogens with one attached hydrogen (secondary N) is 1. The van der Waals surface area contributed by atoms with Crippen LogP contribution in [-0.4, -0.2) is 51.7 Å². The maximum absolute atomic E-state index is 14.5. The number of aliphatic hydroxyl groups excluding tert-OH is 1. The molecule has 3 N–H and O–H groups in total. The smallest absolute Gasteiger partial charge is 0.321 e. The van der Waals surface area contributed by atoms with E-state index in [0.29, 0.717) is 32.4 Å². The van der Waals surface area contributed by atoms with Crippen LogP contribution < -0.4 is 5.32 Å². The Bertz CT molecular complexity index is 1640. The fraction of sp³-hybridized carbons (Fsp3) is 0.660. The number of hydrogen-bond acceptors (Lipinski definition) is 4. The Morgan fingerprint density at radius 3 is 2.26 bits per heavy atom. The highest BCUT2D eigenvalue weighted by molar-refractivity contribution is 5.99. The molecule has 6 bridgehead atoms. The van der Waals surface area contributed by atoms with Gasteiger partial charge in [-0.15, -0.1) is 0 Å². The lowest BCUT2D eigenvalue weighted by molar-refractivity contribution is -0.0975. The van der Waals surface area contributed by atoms with Crippen LogP contribution in [0.25, 0.3) is 0 Å². The Morgan fingerprint density at radius 1 is 0.868 bits per heavy atom. The molecule has 8 aliphatic rings. The Balaban J connectivity index is 1.16. The average molecular weight is 721 g/mol. The Kier molecular flexibility index (Phi) is 10.4. The van der Waals surface area contributed by atoms with Crippen LogP contribution in [0.15, 0.2) is 60.2 Å². The van der Waals surface area contributed by atoms with Crippen molar-refractivity contribution >= 4 is 17.5 Å². The number of carbonyl (C=O) groups excluding carboxylic acids is 2. The van der Waals surface area contributed by atoms with Gasteiger partial charge in [-0.3, -0.25) is 4.79 Å². The lowest BCUT2D eigenvalue weighted by atomic mass is 9.49. The number of hydrogen-bond donors (Lipinski definition) is 3. The second-order valence-corrected chi connectivity index (χ2v) is 19.2. The standard InChI is InChI=1S/C47H64N2O4/c1-32-10-9-20-45(2)42(40-18-16-33(25-39(50)17-15-32)26-41(40)43(51)37-11-5-3-6-12-37)19-21-47(45,53)31-49(44(52)48-38-13-7-4-8-14-38)30-46-27-34-22-35(28-46)24-36(23-34)29-46/h4,7-8,10,13-14,16,18,26,34-37,39,42,50,53H,3,5-6,9,11-12,15,17,19-25,27-31H2,1-2H3,(H,48,52). The summed E-state index contributed by atoms with van der Waals surface area (Å²) in [4.78, 5) is 31.1. The van der Waals surface area contributed by atoms with Crippen molar-refractivity contribution < 1.29 is 19.8 Å². The Hall–Kier alpha value is -2.96. The third kappa shape index (κ3) is 7.53. The van der Waals surface area contributed by atoms with Gasteiger partial charge in [-0.25, -0.2) is 4.79 Å². The third-order valence-electron chi connectivity index (χ3n) is 15.4. The predicted molar refractivity (Wildman–Crippen MR) is 212 cm³/mol. The SMILES string of the molecule is CC1=CCCC2(C)C(CCC2(O)CN(CC23CC4CC(CC(C4)C2)C3)C(=O)Nc2ccccc2)c2ccc(cc2C(=O)C2CCCCC2)CC(O)CC1. The van der Waals surface area contributed by atoms with Crippen LogP contribution in [0.5, 0.6) is 0 Å². The molecule has 4 atom stereocenters. The third-order valence-corrected chi connectivity index (χ3v) is 15.4. The van der Waals surface area contributed by atoms with Crippen LogP contribution in [0.3, 0.4) is 0 Å². The van der Waals surface area contributed by atoms with Crippen LogP contribution in [-0.2, 0) is 6.42 Å². The summed E-state index contributed by atoms with van der Waals surface area (Å²) >= 11 is 0. The van der Waals surface area contributed by atoms with Crippen LogP contribution >= 0.6 is 0 Å². The van der Waals surface area contributed by atoms with E-state index >= 15 is 0 Å². The van der Waals surface area contributed by atoms with E-state index in [1.54, 1.807) is 0 Å². The molecule has 286 valence electrons. The minimum Gasteiger partial charge on any atom is -0.393 e. The van der Waals surface area contributed by atoms with E-state index in [0.717, 1.165) is 91.5 Å². The summed E-state index contributed by atoms with van der Waals surface area (Å²) in [5, 5.41) is 27.6. The number of nitrogens with zero attached hydrogens (tertiary/aromatic N) is 1. The highest BCUT2D eigenvalue weighted by Gasteiger charge is 2.59. The molecule has 0 aliphatic heterocycles. The summed E-state index contributed by atoms with van der Waals surface area (Å²) in [6.45, 7) is 5.42. The molecule has 6 fully saturated rings. The van der Waals surface area contributed by atoms with Crippen molar-refractivity contribution in [3.05, 3.63) is 76.9 Å². The van der Waals surface area contributed by atoms with Gasteiger partial charge in [-0.2, -0.15) is 0 Å². The van der Waals surface area contributed by atoms with Crippen molar-refractivity contribution in [1.82, 2.24) is 4.90 Å². The molecule has 6 heteroatoms. The lowest BCUT2D eigenvalue weighted by Crippen LogP contribution is -2.58. The highest BCUT2D eigenvalue weighted by Crippen LogP contribution is 2.62. The van der Waals surface area contributed by atoms with Crippen LogP contribution in [0.4, 0.5) is 10.5 Å². The number of anilines is 1. The van der Waals surface area contributed by atoms with Crippen molar-refractivity contribution in [3.63, 3.8) is 0 Å². The van der Waals surface area contributed by atoms with Gasteiger partial charge < -0.3 is 20.4 Å². The van der Waals surface area contributed by atoms with Gasteiger partial charge >= 0.3 is 6.03 Å². The summed E-state index contributed by atoms with van der Waals surface area (Å²) in [5.41, 5.74) is 3.39. The number of carbonyl (C=O) groups is 2. The first-order valence-corrected chi connectivity index (χ1v) is 21.4. The molecule has 4 unspecified atom stereocenters. The fourth-order valence-corrected chi connectivity index (χ4v) is 12.9. The number of urea groups is 1. The van der Waals surface area contributed by atoms with Crippen molar-refractivity contribution in [2.45, 2.75) is 147 Å². The molecule has 0 radical (unpaired) electrons. The number of Topliss-reactive ketones (excluding diaryl/α,β-unsaturated/α-hetero) is 1.